The maximum Gasteiger partial charge on any atom is 0.264 e. The SMILES string of the molecule is CCCCOc1c(OCCCS(=O)(=O)O)cc(C(=O)NCCOCCOCCOCCOCCOCCOCCOCCOCCC)cc1OCCCS(=O)(=O)O. The van der Waals surface area contributed by atoms with Gasteiger partial charge in [-0.15, -0.1) is 0 Å². The number of benzene rings is 1. The molecule has 0 saturated carbocycles. The molecule has 0 saturated heterocycles. The van der Waals surface area contributed by atoms with Crippen LogP contribution in [0.1, 0.15) is 56.3 Å². The molecule has 0 unspecified atom stereocenters. The number of rotatable bonds is 41. The molecule has 21 heteroatoms. The molecule has 0 aliphatic carbocycles. The van der Waals surface area contributed by atoms with E-state index in [0.717, 1.165) is 19.4 Å². The Bertz CT molecular complexity index is 1310. The molecular weight excluding hydrogens is 799 g/mol. The number of carbonyl (C=O) groups excluding carboxylic acids is 1. The van der Waals surface area contributed by atoms with Crippen LogP contribution in [-0.4, -0.2) is 175 Å². The predicted molar refractivity (Wildman–Crippen MR) is 209 cm³/mol. The highest BCUT2D eigenvalue weighted by atomic mass is 32.2. The fourth-order valence-electron chi connectivity index (χ4n) is 4.35. The van der Waals surface area contributed by atoms with Gasteiger partial charge in [0.1, 0.15) is 0 Å². The van der Waals surface area contributed by atoms with Gasteiger partial charge in [-0.2, -0.15) is 16.8 Å². The van der Waals surface area contributed by atoms with Gasteiger partial charge in [0.2, 0.25) is 5.75 Å². The van der Waals surface area contributed by atoms with Gasteiger partial charge in [0.05, 0.1) is 130 Å². The Morgan fingerprint density at radius 3 is 1.19 bits per heavy atom. The first-order valence-electron chi connectivity index (χ1n) is 19.3. The Labute approximate surface area is 338 Å². The van der Waals surface area contributed by atoms with Crippen LogP contribution in [0.3, 0.4) is 0 Å². The lowest BCUT2D eigenvalue weighted by Gasteiger charge is -2.18. The molecule has 3 N–H and O–H groups in total. The van der Waals surface area contributed by atoms with E-state index in [-0.39, 0.29) is 68.6 Å². The zero-order valence-electron chi connectivity index (χ0n) is 33.5. The number of carbonyl (C=O) groups is 1. The molecule has 1 rings (SSSR count). The average Bonchev–Trinajstić information content (AvgIpc) is 3.16. The first-order valence-corrected chi connectivity index (χ1v) is 22.6. The van der Waals surface area contributed by atoms with Gasteiger partial charge in [-0.3, -0.25) is 13.9 Å². The summed E-state index contributed by atoms with van der Waals surface area (Å²) in [6, 6.07) is 2.83. The van der Waals surface area contributed by atoms with Crippen LogP contribution in [0, 0.1) is 0 Å². The van der Waals surface area contributed by atoms with E-state index in [4.69, 9.17) is 61.2 Å². The van der Waals surface area contributed by atoms with Crippen LogP contribution < -0.4 is 19.5 Å². The Balaban J connectivity index is 2.29. The van der Waals surface area contributed by atoms with Crippen molar-refractivity contribution in [1.82, 2.24) is 5.32 Å². The minimum atomic E-state index is -4.21. The summed E-state index contributed by atoms with van der Waals surface area (Å²) in [7, 11) is -8.41. The summed E-state index contributed by atoms with van der Waals surface area (Å²) >= 11 is 0. The summed E-state index contributed by atoms with van der Waals surface area (Å²) in [6.07, 6.45) is 2.42. The van der Waals surface area contributed by atoms with Crippen molar-refractivity contribution < 1.29 is 82.8 Å². The summed E-state index contributed by atoms with van der Waals surface area (Å²) in [5, 5.41) is 2.73. The molecule has 0 aromatic heterocycles. The fraction of sp³-hybridized carbons (Fsp3) is 0.806. The molecule has 57 heavy (non-hydrogen) atoms. The summed E-state index contributed by atoms with van der Waals surface area (Å²) < 4.78 is 124. The van der Waals surface area contributed by atoms with Crippen molar-refractivity contribution in [2.45, 2.75) is 46.0 Å². The molecule has 19 nitrogen and oxygen atoms in total. The van der Waals surface area contributed by atoms with Gasteiger partial charge in [0, 0.05) is 18.7 Å². The van der Waals surface area contributed by atoms with Gasteiger partial charge in [-0.25, -0.2) is 0 Å². The van der Waals surface area contributed by atoms with E-state index in [1.165, 1.54) is 12.1 Å². The molecule has 1 amide bonds. The summed E-state index contributed by atoms with van der Waals surface area (Å²) in [6.45, 7) is 11.5. The second-order valence-electron chi connectivity index (χ2n) is 12.1. The minimum absolute atomic E-state index is 0.0420. The summed E-state index contributed by atoms with van der Waals surface area (Å²) in [5.41, 5.74) is 0.123. The number of ether oxygens (including phenoxy) is 11. The number of hydrogen-bond acceptors (Lipinski definition) is 16. The molecule has 0 heterocycles. The molecule has 0 radical (unpaired) electrons. The van der Waals surface area contributed by atoms with Crippen molar-refractivity contribution >= 4 is 26.1 Å². The zero-order valence-corrected chi connectivity index (χ0v) is 35.1. The summed E-state index contributed by atoms with van der Waals surface area (Å²) in [5.74, 6) is -1.24. The van der Waals surface area contributed by atoms with Gasteiger partial charge in [0.15, 0.2) is 11.5 Å². The lowest BCUT2D eigenvalue weighted by Crippen LogP contribution is -2.28. The predicted octanol–water partition coefficient (Wildman–Crippen LogP) is 2.45. The van der Waals surface area contributed by atoms with Crippen LogP contribution >= 0.6 is 0 Å². The highest BCUT2D eigenvalue weighted by Crippen LogP contribution is 2.39. The third-order valence-electron chi connectivity index (χ3n) is 7.12. The molecule has 1 aromatic rings. The Kier molecular flexibility index (Phi) is 31.8. The van der Waals surface area contributed by atoms with Gasteiger partial charge in [0.25, 0.3) is 26.1 Å². The van der Waals surface area contributed by atoms with Crippen LogP contribution in [0.2, 0.25) is 0 Å². The number of nitrogens with one attached hydrogen (secondary N) is 1. The van der Waals surface area contributed by atoms with E-state index >= 15 is 0 Å². The van der Waals surface area contributed by atoms with E-state index in [9.17, 15) is 21.6 Å². The van der Waals surface area contributed by atoms with Crippen LogP contribution in [0.15, 0.2) is 12.1 Å². The fourth-order valence-corrected chi connectivity index (χ4v) is 5.32. The van der Waals surface area contributed by atoms with Crippen LogP contribution in [0.4, 0.5) is 0 Å². The van der Waals surface area contributed by atoms with Crippen LogP contribution in [-0.2, 0) is 58.1 Å². The smallest absolute Gasteiger partial charge is 0.264 e. The number of unbranched alkanes of at least 4 members (excludes halogenated alkanes) is 1. The lowest BCUT2D eigenvalue weighted by atomic mass is 10.1. The van der Waals surface area contributed by atoms with Gasteiger partial charge < -0.3 is 57.4 Å². The van der Waals surface area contributed by atoms with Crippen molar-refractivity contribution in [2.75, 3.05) is 144 Å². The first kappa shape index (κ1) is 52.6. The van der Waals surface area contributed by atoms with Crippen molar-refractivity contribution in [1.29, 1.82) is 0 Å². The van der Waals surface area contributed by atoms with Gasteiger partial charge in [-0.05, 0) is 37.8 Å². The molecule has 0 aliphatic rings. The second-order valence-corrected chi connectivity index (χ2v) is 15.3. The topological polar surface area (TPSA) is 239 Å². The quantitative estimate of drug-likeness (QED) is 0.0633. The largest absolute Gasteiger partial charge is 0.489 e. The van der Waals surface area contributed by atoms with E-state index in [2.05, 4.69) is 12.2 Å². The average molecular weight is 864 g/mol. The second kappa shape index (κ2) is 34.5. The highest BCUT2D eigenvalue weighted by Gasteiger charge is 2.20. The van der Waals surface area contributed by atoms with Crippen molar-refractivity contribution in [3.8, 4) is 17.2 Å². The van der Waals surface area contributed by atoms with Crippen LogP contribution in [0.5, 0.6) is 17.2 Å². The van der Waals surface area contributed by atoms with Crippen molar-refractivity contribution in [3.05, 3.63) is 17.7 Å². The molecule has 0 fully saturated rings. The molecule has 0 spiro atoms. The maximum atomic E-state index is 13.1. The highest BCUT2D eigenvalue weighted by molar-refractivity contribution is 7.86. The van der Waals surface area contributed by atoms with Crippen molar-refractivity contribution in [2.24, 2.45) is 0 Å². The third kappa shape index (κ3) is 32.2. The normalized spacial score (nSPS) is 11.9. The number of hydrogen-bond donors (Lipinski definition) is 3. The van der Waals surface area contributed by atoms with Crippen LogP contribution in [0.25, 0.3) is 0 Å². The molecule has 0 aliphatic heterocycles. The molecule has 1 aromatic carbocycles. The van der Waals surface area contributed by atoms with Crippen molar-refractivity contribution in [3.63, 3.8) is 0 Å². The third-order valence-corrected chi connectivity index (χ3v) is 8.73. The Morgan fingerprint density at radius 1 is 0.491 bits per heavy atom. The van der Waals surface area contributed by atoms with E-state index < -0.39 is 37.6 Å². The Hall–Kier alpha value is -2.41. The molecular formula is C36H65NO18S2. The minimum Gasteiger partial charge on any atom is -0.489 e. The Morgan fingerprint density at radius 2 is 0.842 bits per heavy atom. The first-order chi connectivity index (χ1) is 27.5. The molecule has 0 atom stereocenters. The molecule has 334 valence electrons. The van der Waals surface area contributed by atoms with E-state index in [0.29, 0.717) is 98.9 Å². The maximum absolute atomic E-state index is 13.1. The lowest BCUT2D eigenvalue weighted by molar-refractivity contribution is -0.0230. The van der Waals surface area contributed by atoms with E-state index in [1.54, 1.807) is 0 Å². The number of amides is 1. The monoisotopic (exact) mass is 863 g/mol. The van der Waals surface area contributed by atoms with Gasteiger partial charge in [-0.1, -0.05) is 20.3 Å². The summed E-state index contributed by atoms with van der Waals surface area (Å²) in [4.78, 5) is 13.1. The molecule has 0 bridgehead atoms. The standard InChI is InChI=1S/C36H65NO18S2/c1-3-5-10-55-35-33(53-11-6-28-56(39,40)41)30-32(31-34(35)54-12-7-29-57(42,43)44)36(38)37-8-13-46-15-17-48-19-21-50-23-25-52-27-26-51-24-22-49-20-18-47-16-14-45-9-4-2/h30-31H,3-29H2,1-2H3,(H,37,38)(H,39,40,41)(H,42,43,44). The zero-order chi connectivity index (χ0) is 41.9. The van der Waals surface area contributed by atoms with E-state index in [1.807, 2.05) is 6.92 Å². The van der Waals surface area contributed by atoms with Gasteiger partial charge >= 0.3 is 0 Å².